The lowest BCUT2D eigenvalue weighted by atomic mass is 10.1. The van der Waals surface area contributed by atoms with E-state index in [1.54, 1.807) is 23.5 Å². The summed E-state index contributed by atoms with van der Waals surface area (Å²) in [7, 11) is 0. The highest BCUT2D eigenvalue weighted by molar-refractivity contribution is 7.98. The summed E-state index contributed by atoms with van der Waals surface area (Å²) < 4.78 is 2.17. The molecule has 0 aliphatic rings. The Morgan fingerprint density at radius 2 is 1.69 bits per heavy atom. The van der Waals surface area contributed by atoms with Gasteiger partial charge in [-0.2, -0.15) is 0 Å². The molecule has 4 aromatic rings. The van der Waals surface area contributed by atoms with Crippen molar-refractivity contribution in [3.05, 3.63) is 96.3 Å². The smallest absolute Gasteiger partial charge is 0.191 e. The molecule has 0 fully saturated rings. The predicted molar refractivity (Wildman–Crippen MR) is 124 cm³/mol. The summed E-state index contributed by atoms with van der Waals surface area (Å²) in [5.74, 6) is 2.64. The summed E-state index contributed by atoms with van der Waals surface area (Å²) in [6.07, 6.45) is 1.91. The Balaban J connectivity index is 1.50. The molecule has 146 valence electrons. The average Bonchev–Trinajstić information content (AvgIpc) is 3.13. The Labute approximate surface area is 180 Å². The maximum atomic E-state index is 4.47. The second kappa shape index (κ2) is 9.33. The van der Waals surface area contributed by atoms with E-state index < -0.39 is 0 Å². The number of rotatable bonds is 8. The fourth-order valence-corrected chi connectivity index (χ4v) is 5.00. The fraction of sp³-hybridized carbons (Fsp3) is 0.167. The first-order valence-electron chi connectivity index (χ1n) is 9.56. The zero-order chi connectivity index (χ0) is 20.1. The van der Waals surface area contributed by atoms with E-state index in [1.165, 1.54) is 26.8 Å². The lowest BCUT2D eigenvalue weighted by molar-refractivity contribution is 0.700. The SMILES string of the molecule is C=CCn1c(CSc2ccc(C)cc2)nnc1SCc1cccc2ccccc12. The number of allylic oxidation sites excluding steroid dienone is 1. The van der Waals surface area contributed by atoms with E-state index in [2.05, 4.69) is 95.0 Å². The van der Waals surface area contributed by atoms with Crippen molar-refractivity contribution in [3.63, 3.8) is 0 Å². The molecule has 0 amide bonds. The molecule has 0 radical (unpaired) electrons. The van der Waals surface area contributed by atoms with Crippen LogP contribution < -0.4 is 0 Å². The number of nitrogens with zero attached hydrogens (tertiary/aromatic N) is 3. The molecule has 0 saturated heterocycles. The maximum absolute atomic E-state index is 4.47. The Hall–Kier alpha value is -2.50. The molecule has 5 heteroatoms. The zero-order valence-electron chi connectivity index (χ0n) is 16.4. The molecule has 4 rings (SSSR count). The topological polar surface area (TPSA) is 30.7 Å². The van der Waals surface area contributed by atoms with Crippen LogP contribution in [0.15, 0.2) is 89.4 Å². The zero-order valence-corrected chi connectivity index (χ0v) is 18.0. The van der Waals surface area contributed by atoms with Gasteiger partial charge in [-0.15, -0.1) is 28.5 Å². The average molecular weight is 418 g/mol. The highest BCUT2D eigenvalue weighted by Gasteiger charge is 2.13. The van der Waals surface area contributed by atoms with Crippen molar-refractivity contribution in [2.75, 3.05) is 0 Å². The number of benzene rings is 3. The highest BCUT2D eigenvalue weighted by atomic mass is 32.2. The molecule has 0 spiro atoms. The van der Waals surface area contributed by atoms with Crippen LogP contribution in [0.1, 0.15) is 17.0 Å². The third-order valence-corrected chi connectivity index (χ3v) is 6.75. The summed E-state index contributed by atoms with van der Waals surface area (Å²) >= 11 is 3.52. The Kier molecular flexibility index (Phi) is 6.37. The fourth-order valence-electron chi connectivity index (χ4n) is 3.19. The minimum absolute atomic E-state index is 0.717. The molecule has 3 nitrogen and oxygen atoms in total. The van der Waals surface area contributed by atoms with Crippen LogP contribution >= 0.6 is 23.5 Å². The van der Waals surface area contributed by atoms with Crippen molar-refractivity contribution in [1.82, 2.24) is 14.8 Å². The first kappa shape index (κ1) is 19.8. The molecular formula is C24H23N3S2. The first-order valence-corrected chi connectivity index (χ1v) is 11.5. The summed E-state index contributed by atoms with van der Waals surface area (Å²) in [5.41, 5.74) is 2.59. The molecule has 0 bridgehead atoms. The van der Waals surface area contributed by atoms with Gasteiger partial charge in [-0.1, -0.05) is 78.0 Å². The van der Waals surface area contributed by atoms with Crippen LogP contribution in [-0.4, -0.2) is 14.8 Å². The monoisotopic (exact) mass is 417 g/mol. The van der Waals surface area contributed by atoms with Crippen LogP contribution in [-0.2, 0) is 18.1 Å². The number of hydrogen-bond acceptors (Lipinski definition) is 4. The van der Waals surface area contributed by atoms with Gasteiger partial charge in [0.15, 0.2) is 5.16 Å². The van der Waals surface area contributed by atoms with Crippen LogP contribution in [0.25, 0.3) is 10.8 Å². The third-order valence-electron chi connectivity index (χ3n) is 4.73. The van der Waals surface area contributed by atoms with Gasteiger partial charge in [0.05, 0.1) is 5.75 Å². The van der Waals surface area contributed by atoms with Crippen LogP contribution in [0.4, 0.5) is 0 Å². The van der Waals surface area contributed by atoms with Crippen molar-refractivity contribution in [2.45, 2.75) is 35.0 Å². The van der Waals surface area contributed by atoms with E-state index >= 15 is 0 Å². The minimum atomic E-state index is 0.717. The van der Waals surface area contributed by atoms with E-state index in [-0.39, 0.29) is 0 Å². The Morgan fingerprint density at radius 1 is 0.897 bits per heavy atom. The third kappa shape index (κ3) is 4.74. The predicted octanol–water partition coefficient (Wildman–Crippen LogP) is 6.51. The molecule has 1 aromatic heterocycles. The van der Waals surface area contributed by atoms with Crippen molar-refractivity contribution in [1.29, 1.82) is 0 Å². The second-order valence-corrected chi connectivity index (χ2v) is 8.82. The van der Waals surface area contributed by atoms with Crippen molar-refractivity contribution >= 4 is 34.3 Å². The van der Waals surface area contributed by atoms with E-state index in [4.69, 9.17) is 0 Å². The maximum Gasteiger partial charge on any atom is 0.191 e. The van der Waals surface area contributed by atoms with Crippen LogP contribution in [0.2, 0.25) is 0 Å². The van der Waals surface area contributed by atoms with Crippen molar-refractivity contribution in [3.8, 4) is 0 Å². The number of hydrogen-bond donors (Lipinski definition) is 0. The number of aromatic nitrogens is 3. The number of aryl methyl sites for hydroxylation is 1. The van der Waals surface area contributed by atoms with Gasteiger partial charge in [-0.3, -0.25) is 0 Å². The first-order chi connectivity index (χ1) is 14.2. The lowest BCUT2D eigenvalue weighted by Gasteiger charge is -2.09. The van der Waals surface area contributed by atoms with Gasteiger partial charge in [0.25, 0.3) is 0 Å². The molecule has 1 heterocycles. The van der Waals surface area contributed by atoms with Gasteiger partial charge >= 0.3 is 0 Å². The van der Waals surface area contributed by atoms with Gasteiger partial charge in [-0.05, 0) is 35.4 Å². The van der Waals surface area contributed by atoms with Gasteiger partial charge in [0, 0.05) is 17.2 Å². The molecule has 0 atom stereocenters. The highest BCUT2D eigenvalue weighted by Crippen LogP contribution is 2.29. The molecule has 0 saturated carbocycles. The van der Waals surface area contributed by atoms with E-state index in [0.29, 0.717) is 6.54 Å². The summed E-state index contributed by atoms with van der Waals surface area (Å²) in [6.45, 7) is 6.74. The number of fused-ring (bicyclic) bond motifs is 1. The molecule has 0 aliphatic carbocycles. The molecule has 0 unspecified atom stereocenters. The van der Waals surface area contributed by atoms with Crippen LogP contribution in [0.5, 0.6) is 0 Å². The summed E-state index contributed by atoms with van der Waals surface area (Å²) in [6, 6.07) is 23.6. The van der Waals surface area contributed by atoms with Crippen LogP contribution in [0, 0.1) is 6.92 Å². The number of thioether (sulfide) groups is 2. The lowest BCUT2D eigenvalue weighted by Crippen LogP contribution is -2.03. The van der Waals surface area contributed by atoms with E-state index in [1.807, 2.05) is 6.08 Å². The second-order valence-electron chi connectivity index (χ2n) is 6.83. The van der Waals surface area contributed by atoms with Crippen molar-refractivity contribution in [2.24, 2.45) is 0 Å². The molecule has 29 heavy (non-hydrogen) atoms. The van der Waals surface area contributed by atoms with E-state index in [0.717, 1.165) is 22.5 Å². The normalized spacial score (nSPS) is 11.1. The molecule has 0 aliphatic heterocycles. The molecule has 0 N–H and O–H groups in total. The van der Waals surface area contributed by atoms with Crippen LogP contribution in [0.3, 0.4) is 0 Å². The summed E-state index contributed by atoms with van der Waals surface area (Å²) in [5, 5.41) is 12.4. The standard InChI is InChI=1S/C24H23N3S2/c1-3-15-27-23(17-28-21-13-11-18(2)12-14-21)25-26-24(27)29-16-20-9-6-8-19-7-4-5-10-22(19)20/h3-14H,1,15-17H2,2H3. The van der Waals surface area contributed by atoms with Gasteiger partial charge in [-0.25, -0.2) is 0 Å². The van der Waals surface area contributed by atoms with Gasteiger partial charge in [0.1, 0.15) is 5.82 Å². The molecule has 3 aromatic carbocycles. The largest absolute Gasteiger partial charge is 0.301 e. The Morgan fingerprint density at radius 3 is 2.52 bits per heavy atom. The minimum Gasteiger partial charge on any atom is -0.301 e. The quantitative estimate of drug-likeness (QED) is 0.241. The van der Waals surface area contributed by atoms with E-state index in [9.17, 15) is 0 Å². The van der Waals surface area contributed by atoms with Gasteiger partial charge in [0.2, 0.25) is 0 Å². The Bertz CT molecular complexity index is 1110. The molecular weight excluding hydrogens is 394 g/mol. The summed E-state index contributed by atoms with van der Waals surface area (Å²) in [4.78, 5) is 1.24. The van der Waals surface area contributed by atoms with Crippen molar-refractivity contribution < 1.29 is 0 Å². The van der Waals surface area contributed by atoms with Gasteiger partial charge < -0.3 is 4.57 Å².